The lowest BCUT2D eigenvalue weighted by atomic mass is 9.91. The maximum Gasteiger partial charge on any atom is 0.0666 e. The summed E-state index contributed by atoms with van der Waals surface area (Å²) < 4.78 is 0. The minimum absolute atomic E-state index is 0.0761. The quantitative estimate of drug-likeness (QED) is 0.689. The van der Waals surface area contributed by atoms with Gasteiger partial charge in [0.2, 0.25) is 0 Å². The largest absolute Gasteiger partial charge is 0.395 e. The first-order valence-electron chi connectivity index (χ1n) is 5.02. The summed E-state index contributed by atoms with van der Waals surface area (Å²) in [5.41, 5.74) is 0. The lowest BCUT2D eigenvalue weighted by molar-refractivity contribution is 0.0941. The molecule has 1 unspecified atom stereocenters. The fraction of sp³-hybridized carbons (Fsp3) is 0.900. The maximum atomic E-state index is 8.87. The van der Waals surface area contributed by atoms with Gasteiger partial charge in [-0.25, -0.2) is 0 Å². The van der Waals surface area contributed by atoms with Gasteiger partial charge in [-0.05, 0) is 19.8 Å². The summed E-state index contributed by atoms with van der Waals surface area (Å²) >= 11 is 0. The molecular weight excluding hydrogens is 164 g/mol. The molecule has 3 nitrogen and oxygen atoms in total. The summed E-state index contributed by atoms with van der Waals surface area (Å²) in [7, 11) is 0. The number of hydrogen-bond donors (Lipinski definition) is 1. The minimum atomic E-state index is 0.0761. The summed E-state index contributed by atoms with van der Waals surface area (Å²) in [6, 6.07) is 2.86. The van der Waals surface area contributed by atoms with E-state index in [9.17, 15) is 0 Å². The molecule has 0 saturated heterocycles. The van der Waals surface area contributed by atoms with Gasteiger partial charge in [-0.3, -0.25) is 4.90 Å². The van der Waals surface area contributed by atoms with Gasteiger partial charge in [0.25, 0.3) is 0 Å². The van der Waals surface area contributed by atoms with Crippen LogP contribution in [0, 0.1) is 17.2 Å². The number of aliphatic hydroxyl groups is 1. The lowest BCUT2D eigenvalue weighted by Gasteiger charge is -2.37. The molecule has 0 aromatic rings. The molecule has 1 atom stereocenters. The first kappa shape index (κ1) is 10.5. The average molecular weight is 182 g/mol. The van der Waals surface area contributed by atoms with Gasteiger partial charge in [-0.2, -0.15) is 5.26 Å². The Bertz CT molecular complexity index is 184. The van der Waals surface area contributed by atoms with Gasteiger partial charge in [-0.15, -0.1) is 0 Å². The smallest absolute Gasteiger partial charge is 0.0666 e. The van der Waals surface area contributed by atoms with E-state index in [0.717, 1.165) is 13.1 Å². The highest BCUT2D eigenvalue weighted by Gasteiger charge is 2.25. The number of nitriles is 1. The van der Waals surface area contributed by atoms with Gasteiger partial charge in [0.15, 0.2) is 0 Å². The lowest BCUT2D eigenvalue weighted by Crippen LogP contribution is -2.43. The minimum Gasteiger partial charge on any atom is -0.395 e. The van der Waals surface area contributed by atoms with E-state index in [-0.39, 0.29) is 12.5 Å². The van der Waals surface area contributed by atoms with E-state index in [1.54, 1.807) is 0 Å². The first-order valence-corrected chi connectivity index (χ1v) is 5.02. The molecule has 0 aliphatic heterocycles. The monoisotopic (exact) mass is 182 g/mol. The molecule has 74 valence electrons. The van der Waals surface area contributed by atoms with Crippen LogP contribution >= 0.6 is 0 Å². The van der Waals surface area contributed by atoms with E-state index in [1.807, 2.05) is 6.92 Å². The van der Waals surface area contributed by atoms with E-state index in [4.69, 9.17) is 10.4 Å². The Morgan fingerprint density at radius 1 is 1.62 bits per heavy atom. The Balaban J connectivity index is 2.33. The zero-order valence-electron chi connectivity index (χ0n) is 8.24. The van der Waals surface area contributed by atoms with Crippen molar-refractivity contribution in [2.45, 2.75) is 32.2 Å². The average Bonchev–Trinajstić information content (AvgIpc) is 2.01. The molecule has 0 amide bonds. The molecule has 1 fully saturated rings. The van der Waals surface area contributed by atoms with E-state index in [0.29, 0.717) is 6.04 Å². The van der Waals surface area contributed by atoms with E-state index in [2.05, 4.69) is 11.0 Å². The third kappa shape index (κ3) is 2.98. The van der Waals surface area contributed by atoms with Crippen LogP contribution in [0.15, 0.2) is 0 Å². The Kier molecular flexibility index (Phi) is 4.20. The topological polar surface area (TPSA) is 47.3 Å². The summed E-state index contributed by atoms with van der Waals surface area (Å²) in [6.07, 6.45) is 3.77. The van der Waals surface area contributed by atoms with Gasteiger partial charge in [0, 0.05) is 19.1 Å². The Morgan fingerprint density at radius 2 is 2.31 bits per heavy atom. The molecule has 13 heavy (non-hydrogen) atoms. The second-order valence-corrected chi connectivity index (χ2v) is 3.83. The second kappa shape index (κ2) is 5.21. The predicted molar refractivity (Wildman–Crippen MR) is 51.1 cm³/mol. The van der Waals surface area contributed by atoms with Crippen molar-refractivity contribution in [1.82, 2.24) is 4.90 Å². The molecule has 0 aromatic carbocycles. The molecule has 1 saturated carbocycles. The molecule has 3 heteroatoms. The molecule has 1 rings (SSSR count). The van der Waals surface area contributed by atoms with Gasteiger partial charge in [0.05, 0.1) is 18.6 Å². The zero-order valence-corrected chi connectivity index (χ0v) is 8.24. The van der Waals surface area contributed by atoms with Crippen LogP contribution in [0.2, 0.25) is 0 Å². The first-order chi connectivity index (χ1) is 6.27. The van der Waals surface area contributed by atoms with E-state index in [1.165, 1.54) is 19.3 Å². The van der Waals surface area contributed by atoms with Crippen molar-refractivity contribution in [1.29, 1.82) is 5.26 Å². The van der Waals surface area contributed by atoms with Crippen LogP contribution < -0.4 is 0 Å². The van der Waals surface area contributed by atoms with Gasteiger partial charge >= 0.3 is 0 Å². The maximum absolute atomic E-state index is 8.87. The van der Waals surface area contributed by atoms with Crippen molar-refractivity contribution in [3.8, 4) is 6.07 Å². The summed E-state index contributed by atoms with van der Waals surface area (Å²) in [5.74, 6) is 0.0761. The Morgan fingerprint density at radius 3 is 2.69 bits per heavy atom. The second-order valence-electron chi connectivity index (χ2n) is 3.83. The fourth-order valence-corrected chi connectivity index (χ4v) is 1.70. The highest BCUT2D eigenvalue weighted by atomic mass is 16.3. The van der Waals surface area contributed by atoms with Crippen LogP contribution in [0.4, 0.5) is 0 Å². The van der Waals surface area contributed by atoms with Crippen LogP contribution in [0.5, 0.6) is 0 Å². The van der Waals surface area contributed by atoms with Crippen molar-refractivity contribution in [2.75, 3.05) is 19.7 Å². The number of nitrogens with zero attached hydrogens (tertiary/aromatic N) is 2. The van der Waals surface area contributed by atoms with Crippen molar-refractivity contribution in [2.24, 2.45) is 5.92 Å². The summed E-state index contributed by atoms with van der Waals surface area (Å²) in [5, 5.41) is 17.6. The van der Waals surface area contributed by atoms with Crippen molar-refractivity contribution in [3.63, 3.8) is 0 Å². The number of aliphatic hydroxyl groups excluding tert-OH is 1. The molecule has 0 radical (unpaired) electrons. The zero-order chi connectivity index (χ0) is 9.68. The summed E-state index contributed by atoms with van der Waals surface area (Å²) in [6.45, 7) is 3.66. The molecule has 0 heterocycles. The molecule has 0 bridgehead atoms. The molecular formula is C10H18N2O. The molecule has 1 aliphatic carbocycles. The van der Waals surface area contributed by atoms with E-state index >= 15 is 0 Å². The molecule has 0 spiro atoms. The molecule has 1 aliphatic rings. The van der Waals surface area contributed by atoms with Crippen LogP contribution in [0.3, 0.4) is 0 Å². The normalized spacial score (nSPS) is 19.5. The van der Waals surface area contributed by atoms with Crippen molar-refractivity contribution in [3.05, 3.63) is 0 Å². The fourth-order valence-electron chi connectivity index (χ4n) is 1.70. The van der Waals surface area contributed by atoms with Crippen LogP contribution in [0.25, 0.3) is 0 Å². The SMILES string of the molecule is CC(C#N)CN(CCO)C1CCC1. The van der Waals surface area contributed by atoms with Crippen LogP contribution in [0.1, 0.15) is 26.2 Å². The highest BCUT2D eigenvalue weighted by molar-refractivity contribution is 4.86. The highest BCUT2D eigenvalue weighted by Crippen LogP contribution is 2.24. The Labute approximate surface area is 80.0 Å². The standard InChI is InChI=1S/C10H18N2O/c1-9(7-11)8-12(5-6-13)10-3-2-4-10/h9-10,13H,2-6,8H2,1H3. The van der Waals surface area contributed by atoms with Crippen molar-refractivity contribution < 1.29 is 5.11 Å². The van der Waals surface area contributed by atoms with Crippen molar-refractivity contribution >= 4 is 0 Å². The van der Waals surface area contributed by atoms with Crippen LogP contribution in [-0.4, -0.2) is 35.7 Å². The molecule has 0 aromatic heterocycles. The van der Waals surface area contributed by atoms with Gasteiger partial charge in [0.1, 0.15) is 0 Å². The third-order valence-electron chi connectivity index (χ3n) is 2.71. The number of hydrogen-bond acceptors (Lipinski definition) is 3. The third-order valence-corrected chi connectivity index (χ3v) is 2.71. The predicted octanol–water partition coefficient (Wildman–Crippen LogP) is 0.993. The van der Waals surface area contributed by atoms with Crippen LogP contribution in [-0.2, 0) is 0 Å². The van der Waals surface area contributed by atoms with E-state index < -0.39 is 0 Å². The van der Waals surface area contributed by atoms with Gasteiger partial charge in [-0.1, -0.05) is 6.42 Å². The summed E-state index contributed by atoms with van der Waals surface area (Å²) in [4.78, 5) is 2.25. The van der Waals surface area contributed by atoms with Gasteiger partial charge < -0.3 is 5.11 Å². The molecule has 1 N–H and O–H groups in total. The number of rotatable bonds is 5. The Hall–Kier alpha value is -0.590.